The number of rotatable bonds is 3. The van der Waals surface area contributed by atoms with Crippen molar-refractivity contribution in [1.29, 1.82) is 0 Å². The Kier molecular flexibility index (Phi) is 4.42. The summed E-state index contributed by atoms with van der Waals surface area (Å²) in [5, 5.41) is 4.62. The highest BCUT2D eigenvalue weighted by Crippen LogP contribution is 2.14. The molecule has 0 saturated carbocycles. The Labute approximate surface area is 136 Å². The van der Waals surface area contributed by atoms with Crippen LogP contribution in [-0.2, 0) is 11.4 Å². The molecule has 2 heterocycles. The van der Waals surface area contributed by atoms with Gasteiger partial charge in [0.15, 0.2) is 0 Å². The van der Waals surface area contributed by atoms with E-state index in [0.717, 1.165) is 36.0 Å². The summed E-state index contributed by atoms with van der Waals surface area (Å²) in [5.74, 6) is 0.912. The number of nitrogens with zero attached hydrogens (tertiary/aromatic N) is 4. The summed E-state index contributed by atoms with van der Waals surface area (Å²) in [5.41, 5.74) is 2.30. The first-order valence-electron chi connectivity index (χ1n) is 7.62. The predicted octanol–water partition coefficient (Wildman–Crippen LogP) is 2.70. The van der Waals surface area contributed by atoms with Crippen LogP contribution in [0.1, 0.15) is 18.3 Å². The fourth-order valence-corrected chi connectivity index (χ4v) is 3.14. The first-order valence-corrected chi connectivity index (χ1v) is 8.03. The lowest BCUT2D eigenvalue weighted by atomic mass is 10.2. The average molecular weight is 318 g/mol. The fourth-order valence-electron chi connectivity index (χ4n) is 2.81. The first-order chi connectivity index (χ1) is 10.5. The van der Waals surface area contributed by atoms with Gasteiger partial charge in [-0.05, 0) is 45.1 Å². The maximum absolute atomic E-state index is 5.63. The Morgan fingerprint density at radius 3 is 2.68 bits per heavy atom. The molecule has 5 nitrogen and oxygen atoms in total. The van der Waals surface area contributed by atoms with Crippen molar-refractivity contribution in [3.8, 4) is 5.69 Å². The van der Waals surface area contributed by atoms with Crippen LogP contribution in [0.25, 0.3) is 5.69 Å². The molecule has 1 aromatic heterocycles. The lowest BCUT2D eigenvalue weighted by molar-refractivity contribution is -0.0307. The molecule has 1 atom stereocenters. The standard InChI is InChI=1S/C16H22N4OS/c1-12-4-6-15(7-5-12)20-14(3)17-19(16(20)22)11-18-8-9-21-13(2)10-18/h4-7,13H,8-11H2,1-3H3/t13-/m0/s1. The van der Waals surface area contributed by atoms with Gasteiger partial charge in [-0.25, -0.2) is 4.68 Å². The molecule has 1 fully saturated rings. The van der Waals surface area contributed by atoms with Gasteiger partial charge in [-0.3, -0.25) is 9.47 Å². The van der Waals surface area contributed by atoms with Crippen LogP contribution in [0.2, 0.25) is 0 Å². The van der Waals surface area contributed by atoms with Crippen LogP contribution in [0.5, 0.6) is 0 Å². The third-order valence-electron chi connectivity index (χ3n) is 3.95. The second kappa shape index (κ2) is 6.32. The first kappa shape index (κ1) is 15.4. The lowest BCUT2D eigenvalue weighted by Crippen LogP contribution is -2.42. The van der Waals surface area contributed by atoms with E-state index in [1.807, 2.05) is 16.2 Å². The van der Waals surface area contributed by atoms with Crippen LogP contribution in [0.3, 0.4) is 0 Å². The van der Waals surface area contributed by atoms with E-state index in [4.69, 9.17) is 17.0 Å². The van der Waals surface area contributed by atoms with E-state index < -0.39 is 0 Å². The SMILES string of the molecule is Cc1ccc(-n2c(C)nn(CN3CCO[C@@H](C)C3)c2=S)cc1. The minimum atomic E-state index is 0.267. The van der Waals surface area contributed by atoms with Crippen molar-refractivity contribution < 1.29 is 4.74 Å². The van der Waals surface area contributed by atoms with Crippen molar-refractivity contribution >= 4 is 12.2 Å². The van der Waals surface area contributed by atoms with Crippen LogP contribution in [0, 0.1) is 18.6 Å². The van der Waals surface area contributed by atoms with Gasteiger partial charge < -0.3 is 4.74 Å². The van der Waals surface area contributed by atoms with E-state index in [0.29, 0.717) is 6.67 Å². The Hall–Kier alpha value is -1.50. The quantitative estimate of drug-likeness (QED) is 0.815. The second-order valence-electron chi connectivity index (χ2n) is 5.90. The molecule has 0 N–H and O–H groups in total. The molecule has 118 valence electrons. The van der Waals surface area contributed by atoms with Crippen LogP contribution < -0.4 is 0 Å². The van der Waals surface area contributed by atoms with Crippen molar-refractivity contribution in [2.75, 3.05) is 19.7 Å². The monoisotopic (exact) mass is 318 g/mol. The zero-order valence-electron chi connectivity index (χ0n) is 13.3. The molecular formula is C16H22N4OS. The van der Waals surface area contributed by atoms with Gasteiger partial charge in [-0.1, -0.05) is 17.7 Å². The average Bonchev–Trinajstić information content (AvgIpc) is 2.75. The van der Waals surface area contributed by atoms with Gasteiger partial charge >= 0.3 is 0 Å². The summed E-state index contributed by atoms with van der Waals surface area (Å²) in [6.07, 6.45) is 0.267. The number of hydrogen-bond acceptors (Lipinski definition) is 4. The van der Waals surface area contributed by atoms with Gasteiger partial charge in [0, 0.05) is 18.8 Å². The predicted molar refractivity (Wildman–Crippen MR) is 88.8 cm³/mol. The topological polar surface area (TPSA) is 35.2 Å². The molecule has 0 bridgehead atoms. The normalized spacial score (nSPS) is 19.5. The number of hydrogen-bond donors (Lipinski definition) is 0. The van der Waals surface area contributed by atoms with E-state index in [1.54, 1.807) is 0 Å². The minimum Gasteiger partial charge on any atom is -0.376 e. The summed E-state index contributed by atoms with van der Waals surface area (Å²) in [6.45, 7) is 9.49. The smallest absolute Gasteiger partial charge is 0.203 e. The van der Waals surface area contributed by atoms with E-state index in [1.165, 1.54) is 5.56 Å². The molecule has 2 aromatic rings. The van der Waals surface area contributed by atoms with Crippen LogP contribution in [0.15, 0.2) is 24.3 Å². The summed E-state index contributed by atoms with van der Waals surface area (Å²) < 4.78 is 10.3. The van der Waals surface area contributed by atoms with Gasteiger partial charge in [0.2, 0.25) is 4.77 Å². The summed E-state index contributed by atoms with van der Waals surface area (Å²) in [6, 6.07) is 8.36. The van der Waals surface area contributed by atoms with Gasteiger partial charge in [-0.2, -0.15) is 5.10 Å². The molecule has 0 spiro atoms. The molecule has 6 heteroatoms. The van der Waals surface area contributed by atoms with Crippen molar-refractivity contribution in [2.24, 2.45) is 0 Å². The Morgan fingerprint density at radius 2 is 2.00 bits per heavy atom. The fraction of sp³-hybridized carbons (Fsp3) is 0.500. The van der Waals surface area contributed by atoms with E-state index in [-0.39, 0.29) is 6.10 Å². The third-order valence-corrected chi connectivity index (χ3v) is 4.35. The van der Waals surface area contributed by atoms with Gasteiger partial charge in [-0.15, -0.1) is 0 Å². The summed E-state index contributed by atoms with van der Waals surface area (Å²) in [7, 11) is 0. The molecule has 1 aliphatic heterocycles. The van der Waals surface area contributed by atoms with Gasteiger partial charge in [0.25, 0.3) is 0 Å². The van der Waals surface area contributed by atoms with Crippen LogP contribution >= 0.6 is 12.2 Å². The number of aromatic nitrogens is 3. The van der Waals surface area contributed by atoms with Gasteiger partial charge in [0.05, 0.1) is 19.4 Å². The van der Waals surface area contributed by atoms with E-state index in [2.05, 4.69) is 48.1 Å². The molecule has 0 unspecified atom stereocenters. The molecule has 0 radical (unpaired) electrons. The van der Waals surface area contributed by atoms with Crippen molar-refractivity contribution in [2.45, 2.75) is 33.5 Å². The van der Waals surface area contributed by atoms with E-state index >= 15 is 0 Å². The van der Waals surface area contributed by atoms with Crippen LogP contribution in [0.4, 0.5) is 0 Å². The number of benzene rings is 1. The van der Waals surface area contributed by atoms with Crippen molar-refractivity contribution in [3.05, 3.63) is 40.4 Å². The molecule has 3 rings (SSSR count). The Morgan fingerprint density at radius 1 is 1.27 bits per heavy atom. The number of morpholine rings is 1. The maximum atomic E-state index is 5.63. The second-order valence-corrected chi connectivity index (χ2v) is 6.27. The van der Waals surface area contributed by atoms with Gasteiger partial charge in [0.1, 0.15) is 5.82 Å². The molecule has 1 saturated heterocycles. The third kappa shape index (κ3) is 3.14. The van der Waals surface area contributed by atoms with E-state index in [9.17, 15) is 0 Å². The Bertz CT molecular complexity index is 704. The van der Waals surface area contributed by atoms with Crippen LogP contribution in [-0.4, -0.2) is 45.0 Å². The molecular weight excluding hydrogens is 296 g/mol. The summed E-state index contributed by atoms with van der Waals surface area (Å²) in [4.78, 5) is 2.33. The maximum Gasteiger partial charge on any atom is 0.203 e. The zero-order chi connectivity index (χ0) is 15.7. The lowest BCUT2D eigenvalue weighted by Gasteiger charge is -2.30. The summed E-state index contributed by atoms with van der Waals surface area (Å²) >= 11 is 5.63. The number of ether oxygens (including phenoxy) is 1. The molecule has 0 aliphatic carbocycles. The minimum absolute atomic E-state index is 0.267. The molecule has 0 amide bonds. The molecule has 22 heavy (non-hydrogen) atoms. The van der Waals surface area contributed by atoms with Crippen molar-refractivity contribution in [3.63, 3.8) is 0 Å². The van der Waals surface area contributed by atoms with Crippen molar-refractivity contribution in [1.82, 2.24) is 19.2 Å². The zero-order valence-corrected chi connectivity index (χ0v) is 14.1. The highest BCUT2D eigenvalue weighted by atomic mass is 32.1. The largest absolute Gasteiger partial charge is 0.376 e. The highest BCUT2D eigenvalue weighted by molar-refractivity contribution is 7.71. The Balaban J connectivity index is 1.87. The molecule has 1 aromatic carbocycles. The highest BCUT2D eigenvalue weighted by Gasteiger charge is 2.18. The molecule has 1 aliphatic rings. The number of aryl methyl sites for hydroxylation is 2.